The normalized spacial score (nSPS) is 13.0. The molecule has 5 heteroatoms. The summed E-state index contributed by atoms with van der Waals surface area (Å²) in [5.74, 6) is 0.181. The third-order valence-electron chi connectivity index (χ3n) is 4.95. The summed E-state index contributed by atoms with van der Waals surface area (Å²) in [5, 5.41) is 0.821. The van der Waals surface area contributed by atoms with Crippen molar-refractivity contribution in [3.05, 3.63) is 81.2 Å². The van der Waals surface area contributed by atoms with Crippen LogP contribution in [0.25, 0.3) is 17.0 Å². The van der Waals surface area contributed by atoms with Gasteiger partial charge in [0.05, 0.1) is 7.11 Å². The quantitative estimate of drug-likeness (QED) is 0.382. The fourth-order valence-corrected chi connectivity index (χ4v) is 3.57. The number of ether oxygens (including phenoxy) is 2. The number of methoxy groups -OCH3 is 1. The van der Waals surface area contributed by atoms with Crippen molar-refractivity contribution >= 4 is 23.0 Å². The summed E-state index contributed by atoms with van der Waals surface area (Å²) in [6.07, 6.45) is 6.12. The van der Waals surface area contributed by atoms with E-state index in [1.807, 2.05) is 30.3 Å². The molecular formula is C23H20O5. The van der Waals surface area contributed by atoms with Gasteiger partial charge in [0.2, 0.25) is 0 Å². The molecule has 1 aromatic heterocycles. The van der Waals surface area contributed by atoms with Crippen LogP contribution in [0.2, 0.25) is 0 Å². The minimum atomic E-state index is -0.492. The highest BCUT2D eigenvalue weighted by molar-refractivity contribution is 5.88. The van der Waals surface area contributed by atoms with Gasteiger partial charge in [-0.2, -0.15) is 0 Å². The van der Waals surface area contributed by atoms with E-state index in [0.29, 0.717) is 16.9 Å². The van der Waals surface area contributed by atoms with E-state index in [1.165, 1.54) is 23.3 Å². The Morgan fingerprint density at radius 3 is 2.75 bits per heavy atom. The van der Waals surface area contributed by atoms with Crippen LogP contribution in [0.1, 0.15) is 28.7 Å². The largest absolute Gasteiger partial charge is 0.496 e. The molecule has 0 amide bonds. The zero-order chi connectivity index (χ0) is 19.5. The number of para-hydroxylation sites is 1. The molecule has 0 atom stereocenters. The zero-order valence-electron chi connectivity index (χ0n) is 15.6. The molecule has 0 saturated heterocycles. The molecule has 1 aliphatic carbocycles. The average molecular weight is 376 g/mol. The highest BCUT2D eigenvalue weighted by Crippen LogP contribution is 2.28. The molecule has 1 heterocycles. The summed E-state index contributed by atoms with van der Waals surface area (Å²) in [7, 11) is 1.58. The highest BCUT2D eigenvalue weighted by Gasteiger charge is 2.15. The molecule has 0 radical (unpaired) electrons. The van der Waals surface area contributed by atoms with E-state index in [2.05, 4.69) is 6.07 Å². The molecule has 4 rings (SSSR count). The Morgan fingerprint density at radius 2 is 1.93 bits per heavy atom. The lowest BCUT2D eigenvalue weighted by Crippen LogP contribution is -2.06. The van der Waals surface area contributed by atoms with Gasteiger partial charge in [-0.15, -0.1) is 0 Å². The van der Waals surface area contributed by atoms with Crippen LogP contribution < -0.4 is 10.4 Å². The van der Waals surface area contributed by atoms with Gasteiger partial charge in [0.25, 0.3) is 0 Å². The van der Waals surface area contributed by atoms with Crippen LogP contribution in [0.4, 0.5) is 0 Å². The van der Waals surface area contributed by atoms with Gasteiger partial charge in [0.1, 0.15) is 17.9 Å². The molecule has 0 N–H and O–H groups in total. The van der Waals surface area contributed by atoms with Crippen molar-refractivity contribution in [2.45, 2.75) is 25.9 Å². The summed E-state index contributed by atoms with van der Waals surface area (Å²) < 4.78 is 16.0. The van der Waals surface area contributed by atoms with Gasteiger partial charge in [-0.1, -0.05) is 18.2 Å². The van der Waals surface area contributed by atoms with Crippen LogP contribution >= 0.6 is 0 Å². The van der Waals surface area contributed by atoms with Crippen molar-refractivity contribution < 1.29 is 18.7 Å². The van der Waals surface area contributed by atoms with E-state index >= 15 is 0 Å². The molecule has 0 unspecified atom stereocenters. The maximum absolute atomic E-state index is 12.1. The van der Waals surface area contributed by atoms with Crippen LogP contribution in [0.3, 0.4) is 0 Å². The van der Waals surface area contributed by atoms with Crippen LogP contribution in [-0.4, -0.2) is 13.1 Å². The van der Waals surface area contributed by atoms with E-state index in [1.54, 1.807) is 13.2 Å². The van der Waals surface area contributed by atoms with Crippen LogP contribution in [0, 0.1) is 0 Å². The molecule has 5 nitrogen and oxygen atoms in total. The van der Waals surface area contributed by atoms with E-state index in [4.69, 9.17) is 13.9 Å². The Morgan fingerprint density at radius 1 is 1.14 bits per heavy atom. The molecule has 1 aliphatic rings. The second-order valence-electron chi connectivity index (χ2n) is 6.74. The lowest BCUT2D eigenvalue weighted by Gasteiger charge is -2.08. The highest BCUT2D eigenvalue weighted by atomic mass is 16.5. The van der Waals surface area contributed by atoms with Crippen LogP contribution in [0.15, 0.2) is 57.8 Å². The number of carbonyl (C=O) groups excluding carboxylic acids is 1. The maximum Gasteiger partial charge on any atom is 0.336 e. The minimum Gasteiger partial charge on any atom is -0.496 e. The molecule has 3 aromatic rings. The maximum atomic E-state index is 12.1. The van der Waals surface area contributed by atoms with Gasteiger partial charge in [0.15, 0.2) is 0 Å². The fourth-order valence-electron chi connectivity index (χ4n) is 3.57. The third-order valence-corrected chi connectivity index (χ3v) is 4.95. The van der Waals surface area contributed by atoms with E-state index in [0.717, 1.165) is 30.2 Å². The Balaban J connectivity index is 1.53. The first-order chi connectivity index (χ1) is 13.6. The van der Waals surface area contributed by atoms with Gasteiger partial charge in [-0.25, -0.2) is 9.59 Å². The van der Waals surface area contributed by atoms with Crippen molar-refractivity contribution in [1.29, 1.82) is 0 Å². The summed E-state index contributed by atoms with van der Waals surface area (Å²) >= 11 is 0. The summed E-state index contributed by atoms with van der Waals surface area (Å²) in [4.78, 5) is 24.0. The first-order valence-corrected chi connectivity index (χ1v) is 9.20. The van der Waals surface area contributed by atoms with Gasteiger partial charge in [-0.05, 0) is 54.7 Å². The Hall–Kier alpha value is -3.34. The van der Waals surface area contributed by atoms with Gasteiger partial charge in [-0.3, -0.25) is 0 Å². The predicted molar refractivity (Wildman–Crippen MR) is 106 cm³/mol. The summed E-state index contributed by atoms with van der Waals surface area (Å²) in [6, 6.07) is 12.8. The molecule has 0 spiro atoms. The average Bonchev–Trinajstić information content (AvgIpc) is 3.16. The third kappa shape index (κ3) is 3.69. The van der Waals surface area contributed by atoms with E-state index in [-0.39, 0.29) is 6.61 Å². The number of fused-ring (bicyclic) bond motifs is 2. The van der Waals surface area contributed by atoms with Gasteiger partial charge < -0.3 is 13.9 Å². The number of aryl methyl sites for hydroxylation is 2. The fraction of sp³-hybridized carbons (Fsp3) is 0.217. The van der Waals surface area contributed by atoms with E-state index < -0.39 is 11.6 Å². The van der Waals surface area contributed by atoms with Crippen LogP contribution in [0.5, 0.6) is 5.75 Å². The zero-order valence-corrected chi connectivity index (χ0v) is 15.6. The van der Waals surface area contributed by atoms with E-state index in [9.17, 15) is 9.59 Å². The lowest BCUT2D eigenvalue weighted by atomic mass is 10.0. The standard InChI is InChI=1S/C23H20O5/c1-26-20-8-3-2-5-15(20)9-10-22(24)27-14-18-13-23(25)28-21-12-17-7-4-6-16(17)11-19(18)21/h2-3,5,8-13H,4,6-7,14H2,1H3/b10-9+. The molecular weight excluding hydrogens is 356 g/mol. The number of hydrogen-bond donors (Lipinski definition) is 0. The number of carbonyl (C=O) groups is 1. The molecule has 28 heavy (non-hydrogen) atoms. The Kier molecular flexibility index (Phi) is 4.98. The topological polar surface area (TPSA) is 65.7 Å². The van der Waals surface area contributed by atoms with Gasteiger partial charge in [0, 0.05) is 28.7 Å². The summed E-state index contributed by atoms with van der Waals surface area (Å²) in [5.41, 5.74) is 4.03. The molecule has 0 fully saturated rings. The van der Waals surface area contributed by atoms with Crippen molar-refractivity contribution in [1.82, 2.24) is 0 Å². The smallest absolute Gasteiger partial charge is 0.336 e. The molecule has 0 saturated carbocycles. The molecule has 142 valence electrons. The molecule has 0 bridgehead atoms. The van der Waals surface area contributed by atoms with Crippen LogP contribution in [-0.2, 0) is 29.0 Å². The molecule has 0 aliphatic heterocycles. The first kappa shape index (κ1) is 18.0. The second-order valence-corrected chi connectivity index (χ2v) is 6.74. The minimum absolute atomic E-state index is 0.00991. The second kappa shape index (κ2) is 7.72. The number of benzene rings is 2. The molecule has 2 aromatic carbocycles. The Bertz CT molecular complexity index is 1120. The lowest BCUT2D eigenvalue weighted by molar-refractivity contribution is -0.138. The number of hydrogen-bond acceptors (Lipinski definition) is 5. The van der Waals surface area contributed by atoms with Crippen molar-refractivity contribution in [3.8, 4) is 5.75 Å². The predicted octanol–water partition coefficient (Wildman–Crippen LogP) is 4.05. The van der Waals surface area contributed by atoms with Crippen molar-refractivity contribution in [2.24, 2.45) is 0 Å². The van der Waals surface area contributed by atoms with Crippen molar-refractivity contribution in [3.63, 3.8) is 0 Å². The number of esters is 1. The Labute approximate surface area is 162 Å². The first-order valence-electron chi connectivity index (χ1n) is 9.20. The monoisotopic (exact) mass is 376 g/mol. The van der Waals surface area contributed by atoms with Crippen molar-refractivity contribution in [2.75, 3.05) is 7.11 Å². The number of rotatable bonds is 5. The van der Waals surface area contributed by atoms with Gasteiger partial charge >= 0.3 is 11.6 Å². The summed E-state index contributed by atoms with van der Waals surface area (Å²) in [6.45, 7) is 0.00991. The SMILES string of the molecule is COc1ccccc1/C=C/C(=O)OCc1cc(=O)oc2cc3c(cc12)CCC3.